The number of nitrogens with zero attached hydrogens (tertiary/aromatic N) is 6. The first-order chi connectivity index (χ1) is 18.7. The van der Waals surface area contributed by atoms with Gasteiger partial charge in [-0.25, -0.2) is 0 Å². The van der Waals surface area contributed by atoms with E-state index < -0.39 is 18.0 Å². The Balaban J connectivity index is 1.16. The normalized spacial score (nSPS) is 11.3. The van der Waals surface area contributed by atoms with E-state index in [0.29, 0.717) is 30.2 Å². The lowest BCUT2D eigenvalue weighted by Crippen LogP contribution is -2.23. The molecule has 0 radical (unpaired) electrons. The molecule has 0 aliphatic carbocycles. The highest BCUT2D eigenvalue weighted by atomic mass is 32.1. The summed E-state index contributed by atoms with van der Waals surface area (Å²) in [7, 11) is 0. The Labute approximate surface area is 224 Å². The third kappa shape index (κ3) is 9.14. The van der Waals surface area contributed by atoms with Gasteiger partial charge in [0, 0.05) is 19.2 Å². The Morgan fingerprint density at radius 3 is 2.72 bits per heavy atom. The molecule has 4 rings (SSSR count). The van der Waals surface area contributed by atoms with E-state index >= 15 is 0 Å². The van der Waals surface area contributed by atoms with E-state index in [0.717, 1.165) is 35.7 Å². The van der Waals surface area contributed by atoms with Gasteiger partial charge in [0.2, 0.25) is 11.0 Å². The average molecular weight is 561 g/mol. The monoisotopic (exact) mass is 560 g/mol. The predicted octanol–water partition coefficient (Wildman–Crippen LogP) is 3.56. The highest BCUT2D eigenvalue weighted by Gasteiger charge is 2.31. The number of hydrogen-bond acceptors (Lipinski definition) is 9. The summed E-state index contributed by atoms with van der Waals surface area (Å²) in [5, 5.41) is 22.3. The van der Waals surface area contributed by atoms with E-state index in [1.807, 2.05) is 12.1 Å². The molecule has 0 saturated heterocycles. The number of carbonyl (C=O) groups is 2. The van der Waals surface area contributed by atoms with E-state index in [-0.39, 0.29) is 18.0 Å². The summed E-state index contributed by atoms with van der Waals surface area (Å²) in [6.45, 7) is 0.848. The Morgan fingerprint density at radius 1 is 1.05 bits per heavy atom. The molecule has 0 fully saturated rings. The highest BCUT2D eigenvalue weighted by molar-refractivity contribution is 7.15. The molecule has 4 aromatic rings. The number of benzene rings is 1. The van der Waals surface area contributed by atoms with Crippen molar-refractivity contribution in [1.29, 1.82) is 0 Å². The second-order valence-corrected chi connectivity index (χ2v) is 9.31. The Kier molecular flexibility index (Phi) is 9.14. The van der Waals surface area contributed by atoms with Crippen molar-refractivity contribution in [1.82, 2.24) is 35.5 Å². The molecule has 2 N–H and O–H groups in total. The molecule has 0 atom stereocenters. The molecule has 0 spiro atoms. The summed E-state index contributed by atoms with van der Waals surface area (Å²) < 4.78 is 42.6. The molecule has 0 aliphatic heterocycles. The molecule has 2 amide bonds. The number of halogens is 3. The quantitative estimate of drug-likeness (QED) is 0.251. The zero-order chi connectivity index (χ0) is 27.7. The molecular formula is C24H23F3N8O3S. The van der Waals surface area contributed by atoms with Crippen LogP contribution in [0, 0.1) is 0 Å². The molecule has 0 saturated carbocycles. The maximum atomic E-state index is 12.4. The molecule has 3 heterocycles. The van der Waals surface area contributed by atoms with E-state index in [1.165, 1.54) is 23.5 Å². The lowest BCUT2D eigenvalue weighted by Gasteiger charge is -2.09. The van der Waals surface area contributed by atoms with Gasteiger partial charge in [-0.3, -0.25) is 19.3 Å². The van der Waals surface area contributed by atoms with Crippen LogP contribution in [-0.2, 0) is 30.7 Å². The summed E-state index contributed by atoms with van der Waals surface area (Å²) in [5.41, 5.74) is 1.32. The van der Waals surface area contributed by atoms with Crippen molar-refractivity contribution in [2.75, 3.05) is 5.32 Å². The molecule has 3 aromatic heterocycles. The van der Waals surface area contributed by atoms with Crippen molar-refractivity contribution in [3.63, 3.8) is 0 Å². The largest absolute Gasteiger partial charge is 0.573 e. The summed E-state index contributed by atoms with van der Waals surface area (Å²) in [5.74, 6) is -1.16. The molecule has 11 nitrogen and oxygen atoms in total. The number of anilines is 1. The minimum Gasteiger partial charge on any atom is -0.406 e. The van der Waals surface area contributed by atoms with Crippen LogP contribution in [0.5, 0.6) is 5.75 Å². The maximum Gasteiger partial charge on any atom is 0.573 e. The molecule has 15 heteroatoms. The van der Waals surface area contributed by atoms with Gasteiger partial charge < -0.3 is 15.4 Å². The topological polar surface area (TPSA) is 137 Å². The molecule has 1 aromatic carbocycles. The van der Waals surface area contributed by atoms with Crippen molar-refractivity contribution < 1.29 is 27.5 Å². The highest BCUT2D eigenvalue weighted by Crippen LogP contribution is 2.24. The van der Waals surface area contributed by atoms with Crippen LogP contribution in [0.4, 0.5) is 18.3 Å². The lowest BCUT2D eigenvalue weighted by atomic mass is 10.1. The van der Waals surface area contributed by atoms with Crippen molar-refractivity contribution >= 4 is 28.3 Å². The molecule has 204 valence electrons. The fourth-order valence-corrected chi connectivity index (χ4v) is 4.23. The van der Waals surface area contributed by atoms with E-state index in [2.05, 4.69) is 40.9 Å². The SMILES string of the molecule is O=C(Cc1cccc(OC(F)(F)F)c1)Nc1nnc(CCCCn2cc(C(=O)NCc3ccccn3)nn2)s1. The van der Waals surface area contributed by atoms with Crippen molar-refractivity contribution in [3.8, 4) is 5.75 Å². The van der Waals surface area contributed by atoms with Gasteiger partial charge in [-0.1, -0.05) is 34.7 Å². The number of pyridine rings is 1. The van der Waals surface area contributed by atoms with E-state index in [1.54, 1.807) is 23.1 Å². The Bertz CT molecular complexity index is 1390. The van der Waals surface area contributed by atoms with Gasteiger partial charge in [-0.2, -0.15) is 0 Å². The number of rotatable bonds is 12. The summed E-state index contributed by atoms with van der Waals surface area (Å²) in [6, 6.07) is 10.7. The molecular weight excluding hydrogens is 537 g/mol. The third-order valence-corrected chi connectivity index (χ3v) is 6.06. The fraction of sp³-hybridized carbons (Fsp3) is 0.292. The molecule has 0 aliphatic rings. The number of aromatic nitrogens is 6. The number of hydrogen-bond donors (Lipinski definition) is 2. The van der Waals surface area contributed by atoms with Crippen LogP contribution < -0.4 is 15.4 Å². The van der Waals surface area contributed by atoms with Crippen molar-refractivity contribution in [2.45, 2.75) is 45.1 Å². The van der Waals surface area contributed by atoms with Crippen molar-refractivity contribution in [2.24, 2.45) is 0 Å². The van der Waals surface area contributed by atoms with Crippen LogP contribution in [0.1, 0.15) is 39.6 Å². The third-order valence-electron chi connectivity index (χ3n) is 5.17. The van der Waals surface area contributed by atoms with Crippen LogP contribution in [0.25, 0.3) is 0 Å². The van der Waals surface area contributed by atoms with Gasteiger partial charge in [0.1, 0.15) is 10.8 Å². The maximum absolute atomic E-state index is 12.4. The van der Waals surface area contributed by atoms with Gasteiger partial charge in [0.15, 0.2) is 5.69 Å². The average Bonchev–Trinajstić information content (AvgIpc) is 3.54. The number of nitrogens with one attached hydrogen (secondary N) is 2. The Morgan fingerprint density at radius 2 is 1.92 bits per heavy atom. The van der Waals surface area contributed by atoms with Gasteiger partial charge in [0.05, 0.1) is 24.9 Å². The van der Waals surface area contributed by atoms with Crippen LogP contribution >= 0.6 is 11.3 Å². The molecule has 0 bridgehead atoms. The second-order valence-electron chi connectivity index (χ2n) is 8.25. The smallest absolute Gasteiger partial charge is 0.406 e. The van der Waals surface area contributed by atoms with Crippen LogP contribution in [0.3, 0.4) is 0 Å². The van der Waals surface area contributed by atoms with Crippen LogP contribution in [0.2, 0.25) is 0 Å². The van der Waals surface area contributed by atoms with Crippen molar-refractivity contribution in [3.05, 3.63) is 76.8 Å². The first-order valence-corrected chi connectivity index (χ1v) is 12.6. The number of ether oxygens (including phenoxy) is 1. The number of carbonyl (C=O) groups excluding carboxylic acids is 2. The fourth-order valence-electron chi connectivity index (χ4n) is 3.43. The zero-order valence-electron chi connectivity index (χ0n) is 20.4. The number of aryl methyl sites for hydroxylation is 2. The molecule has 0 unspecified atom stereocenters. The minimum atomic E-state index is -4.81. The zero-order valence-corrected chi connectivity index (χ0v) is 21.2. The number of alkyl halides is 3. The predicted molar refractivity (Wildman–Crippen MR) is 134 cm³/mol. The summed E-state index contributed by atoms with van der Waals surface area (Å²) in [6.07, 6.45) is 0.407. The van der Waals surface area contributed by atoms with E-state index in [9.17, 15) is 22.8 Å². The van der Waals surface area contributed by atoms with E-state index in [4.69, 9.17) is 0 Å². The van der Waals surface area contributed by atoms with Crippen LogP contribution in [0.15, 0.2) is 54.9 Å². The number of unbranched alkanes of at least 4 members (excludes halogenated alkanes) is 1. The first-order valence-electron chi connectivity index (χ1n) is 11.8. The number of amides is 2. The minimum absolute atomic E-state index is 0.148. The standard InChI is InChI=1S/C24H23F3N8O3S/c25-24(26,27)38-18-8-5-6-16(12-18)13-20(36)30-23-33-32-21(39-23)9-2-4-11-35-15-19(31-34-35)22(37)29-14-17-7-1-3-10-28-17/h1,3,5-8,10,12,15H,2,4,9,11,13-14H2,(H,29,37)(H,30,33,36). The van der Waals surface area contributed by atoms with Gasteiger partial charge in [0.25, 0.3) is 5.91 Å². The van der Waals surface area contributed by atoms with Gasteiger partial charge in [-0.05, 0) is 42.7 Å². The van der Waals surface area contributed by atoms with Gasteiger partial charge >= 0.3 is 6.36 Å². The Hall–Kier alpha value is -4.40. The van der Waals surface area contributed by atoms with Crippen LogP contribution in [-0.4, -0.2) is 48.4 Å². The van der Waals surface area contributed by atoms with Gasteiger partial charge in [-0.15, -0.1) is 28.5 Å². The summed E-state index contributed by atoms with van der Waals surface area (Å²) >= 11 is 1.22. The first kappa shape index (κ1) is 27.6. The lowest BCUT2D eigenvalue weighted by molar-refractivity contribution is -0.274. The second kappa shape index (κ2) is 12.9. The summed E-state index contributed by atoms with van der Waals surface area (Å²) in [4.78, 5) is 28.7. The molecule has 39 heavy (non-hydrogen) atoms.